The molecule has 0 unspecified atom stereocenters. The summed E-state index contributed by atoms with van der Waals surface area (Å²) in [5, 5.41) is 12.3. The van der Waals surface area contributed by atoms with Crippen LogP contribution in [-0.2, 0) is 14.8 Å². The third-order valence-corrected chi connectivity index (χ3v) is 6.24. The second-order valence-electron chi connectivity index (χ2n) is 7.41. The lowest BCUT2D eigenvalue weighted by molar-refractivity contribution is -0.274. The summed E-state index contributed by atoms with van der Waals surface area (Å²) in [6.45, 7) is 1.28. The maximum Gasteiger partial charge on any atom is 0.573 e. The van der Waals surface area contributed by atoms with E-state index in [-0.39, 0.29) is 28.6 Å². The monoisotopic (exact) mass is 524 g/mol. The topological polar surface area (TPSA) is 114 Å². The Morgan fingerprint density at radius 3 is 2.36 bits per heavy atom. The van der Waals surface area contributed by atoms with Crippen molar-refractivity contribution in [1.29, 1.82) is 0 Å². The molecule has 3 aromatic rings. The van der Waals surface area contributed by atoms with E-state index in [2.05, 4.69) is 14.8 Å². The summed E-state index contributed by atoms with van der Waals surface area (Å²) in [5.74, 6) is -2.05. The molecule has 36 heavy (non-hydrogen) atoms. The lowest BCUT2D eigenvalue weighted by atomic mass is 9.99. The lowest BCUT2D eigenvalue weighted by Crippen LogP contribution is -2.24. The van der Waals surface area contributed by atoms with Crippen LogP contribution in [0, 0.1) is 0 Å². The average Bonchev–Trinajstić information content (AvgIpc) is 2.79. The predicted octanol–water partition coefficient (Wildman–Crippen LogP) is 4.50. The van der Waals surface area contributed by atoms with Crippen LogP contribution in [0.15, 0.2) is 77.7 Å². The molecule has 3 N–H and O–H groups in total. The van der Waals surface area contributed by atoms with Gasteiger partial charge in [0.15, 0.2) is 0 Å². The number of anilines is 2. The van der Waals surface area contributed by atoms with Gasteiger partial charge in [-0.25, -0.2) is 8.42 Å². The van der Waals surface area contributed by atoms with Crippen molar-refractivity contribution in [3.05, 3.63) is 78.4 Å². The first-order chi connectivity index (χ1) is 17.0. The summed E-state index contributed by atoms with van der Waals surface area (Å²) < 4.78 is 74.9. The number of ether oxygens (including phenoxy) is 2. The second-order valence-corrected chi connectivity index (χ2v) is 9.06. The third-order valence-electron chi connectivity index (χ3n) is 4.82. The molecule has 192 valence electrons. The Morgan fingerprint density at radius 2 is 1.72 bits per heavy atom. The Morgan fingerprint density at radius 1 is 1.00 bits per heavy atom. The van der Waals surface area contributed by atoms with E-state index in [9.17, 15) is 31.5 Å². The largest absolute Gasteiger partial charge is 0.573 e. The molecule has 3 rings (SSSR count). The highest BCUT2D eigenvalue weighted by Gasteiger charge is 2.31. The van der Waals surface area contributed by atoms with E-state index < -0.39 is 40.6 Å². The highest BCUT2D eigenvalue weighted by Crippen LogP contribution is 2.31. The fraction of sp³-hybridized carbons (Fsp3) is 0.208. The first kappa shape index (κ1) is 26.8. The molecule has 0 fully saturated rings. The van der Waals surface area contributed by atoms with Crippen LogP contribution in [0.4, 0.5) is 24.5 Å². The average molecular weight is 525 g/mol. The van der Waals surface area contributed by atoms with Gasteiger partial charge in [0.25, 0.3) is 10.0 Å². The van der Waals surface area contributed by atoms with E-state index in [1.54, 1.807) is 37.3 Å². The van der Waals surface area contributed by atoms with Gasteiger partial charge in [-0.2, -0.15) is 0 Å². The molecule has 8 nitrogen and oxygen atoms in total. The Balaban J connectivity index is 1.84. The zero-order valence-electron chi connectivity index (χ0n) is 19.0. The van der Waals surface area contributed by atoms with Crippen molar-refractivity contribution in [3.8, 4) is 11.5 Å². The molecule has 0 spiro atoms. The van der Waals surface area contributed by atoms with Crippen molar-refractivity contribution < 1.29 is 41.0 Å². The number of sulfonamides is 1. The Bertz CT molecular complexity index is 1300. The lowest BCUT2D eigenvalue weighted by Gasteiger charge is -2.17. The molecular formula is C24H23F3N2O6S. The molecule has 1 amide bonds. The standard InChI is InChI=1S/C24H23F3N2O6S/c1-2-34-21-14-17(28-23(31)20(15-30)16-7-4-3-5-8-16)11-12-22(21)36(32,33)29-18-9-6-10-19(13-18)35-24(25,26)27/h3-14,20,29-30H,2,15H2,1H3,(H,28,31)/t20-/m0/s1. The maximum absolute atomic E-state index is 13.0. The molecule has 0 saturated carbocycles. The van der Waals surface area contributed by atoms with E-state index in [0.29, 0.717) is 5.56 Å². The molecule has 1 atom stereocenters. The van der Waals surface area contributed by atoms with Crippen LogP contribution >= 0.6 is 0 Å². The molecule has 0 aliphatic carbocycles. The van der Waals surface area contributed by atoms with Crippen LogP contribution < -0.4 is 19.5 Å². The van der Waals surface area contributed by atoms with Crippen LogP contribution in [-0.4, -0.2) is 39.0 Å². The van der Waals surface area contributed by atoms with E-state index >= 15 is 0 Å². The fourth-order valence-corrected chi connectivity index (χ4v) is 4.47. The minimum Gasteiger partial charge on any atom is -0.492 e. The van der Waals surface area contributed by atoms with Gasteiger partial charge in [-0.3, -0.25) is 9.52 Å². The summed E-state index contributed by atoms with van der Waals surface area (Å²) in [4.78, 5) is 12.4. The molecule has 0 aliphatic heterocycles. The summed E-state index contributed by atoms with van der Waals surface area (Å²) >= 11 is 0. The molecule has 3 aromatic carbocycles. The van der Waals surface area contributed by atoms with Crippen LogP contribution in [0.1, 0.15) is 18.4 Å². The number of aliphatic hydroxyl groups is 1. The van der Waals surface area contributed by atoms with Crippen LogP contribution in [0.2, 0.25) is 0 Å². The van der Waals surface area contributed by atoms with Gasteiger partial charge >= 0.3 is 6.36 Å². The van der Waals surface area contributed by atoms with Gasteiger partial charge in [0.05, 0.1) is 24.8 Å². The van der Waals surface area contributed by atoms with Crippen molar-refractivity contribution in [2.75, 3.05) is 23.3 Å². The summed E-state index contributed by atoms with van der Waals surface area (Å²) in [5.41, 5.74) is 0.658. The number of halogens is 3. The highest BCUT2D eigenvalue weighted by molar-refractivity contribution is 7.92. The number of nitrogens with one attached hydrogen (secondary N) is 2. The molecule has 0 aliphatic rings. The van der Waals surface area contributed by atoms with E-state index in [1.165, 1.54) is 30.3 Å². The summed E-state index contributed by atoms with van der Waals surface area (Å²) in [6, 6.07) is 16.8. The quantitative estimate of drug-likeness (QED) is 0.360. The summed E-state index contributed by atoms with van der Waals surface area (Å²) in [6.07, 6.45) is -4.94. The van der Waals surface area contributed by atoms with Gasteiger partial charge in [-0.15, -0.1) is 13.2 Å². The minimum absolute atomic E-state index is 0.0919. The zero-order chi connectivity index (χ0) is 26.3. The number of hydrogen-bond acceptors (Lipinski definition) is 6. The number of alkyl halides is 3. The number of carbonyl (C=O) groups is 1. The van der Waals surface area contributed by atoms with Crippen LogP contribution in [0.3, 0.4) is 0 Å². The van der Waals surface area contributed by atoms with Crippen LogP contribution in [0.5, 0.6) is 11.5 Å². The number of carbonyl (C=O) groups excluding carboxylic acids is 1. The zero-order valence-corrected chi connectivity index (χ0v) is 19.8. The highest BCUT2D eigenvalue weighted by atomic mass is 32.2. The van der Waals surface area contributed by atoms with E-state index in [0.717, 1.165) is 12.1 Å². The molecule has 0 radical (unpaired) electrons. The molecule has 0 aromatic heterocycles. The smallest absolute Gasteiger partial charge is 0.492 e. The molecule has 0 saturated heterocycles. The van der Waals surface area contributed by atoms with Crippen molar-refractivity contribution in [1.82, 2.24) is 0 Å². The first-order valence-corrected chi connectivity index (χ1v) is 12.1. The number of benzene rings is 3. The first-order valence-electron chi connectivity index (χ1n) is 10.6. The Labute approximate surface area is 205 Å². The van der Waals surface area contributed by atoms with Gasteiger partial charge in [0, 0.05) is 17.8 Å². The SMILES string of the molecule is CCOc1cc(NC(=O)[C@@H](CO)c2ccccc2)ccc1S(=O)(=O)Nc1cccc(OC(F)(F)F)c1. The van der Waals surface area contributed by atoms with E-state index in [4.69, 9.17) is 4.74 Å². The molecule has 12 heteroatoms. The summed E-state index contributed by atoms with van der Waals surface area (Å²) in [7, 11) is -4.30. The minimum atomic E-state index is -4.94. The van der Waals surface area contributed by atoms with E-state index in [1.807, 2.05) is 0 Å². The van der Waals surface area contributed by atoms with Gasteiger partial charge in [0.2, 0.25) is 5.91 Å². The van der Waals surface area contributed by atoms with Gasteiger partial charge in [-0.05, 0) is 36.8 Å². The second kappa shape index (κ2) is 11.3. The Kier molecular flexibility index (Phi) is 8.43. The number of rotatable bonds is 10. The fourth-order valence-electron chi connectivity index (χ4n) is 3.30. The van der Waals surface area contributed by atoms with Crippen molar-refractivity contribution >= 4 is 27.3 Å². The molecular weight excluding hydrogens is 501 g/mol. The Hall–Kier alpha value is -3.77. The van der Waals surface area contributed by atoms with Crippen molar-refractivity contribution in [2.45, 2.75) is 24.1 Å². The van der Waals surface area contributed by atoms with Gasteiger partial charge < -0.3 is 19.9 Å². The molecule has 0 heterocycles. The van der Waals surface area contributed by atoms with Gasteiger partial charge in [-0.1, -0.05) is 36.4 Å². The number of amides is 1. The predicted molar refractivity (Wildman–Crippen MR) is 126 cm³/mol. The number of hydrogen-bond donors (Lipinski definition) is 3. The normalized spacial score (nSPS) is 12.5. The molecule has 0 bridgehead atoms. The van der Waals surface area contributed by atoms with Crippen molar-refractivity contribution in [3.63, 3.8) is 0 Å². The third kappa shape index (κ3) is 7.12. The van der Waals surface area contributed by atoms with Crippen molar-refractivity contribution in [2.24, 2.45) is 0 Å². The maximum atomic E-state index is 13.0. The number of aliphatic hydroxyl groups excluding tert-OH is 1. The van der Waals surface area contributed by atoms with Crippen LogP contribution in [0.25, 0.3) is 0 Å². The van der Waals surface area contributed by atoms with Gasteiger partial charge in [0.1, 0.15) is 16.4 Å².